The summed E-state index contributed by atoms with van der Waals surface area (Å²) < 4.78 is 5.91. The summed E-state index contributed by atoms with van der Waals surface area (Å²) in [6, 6.07) is 8.50. The lowest BCUT2D eigenvalue weighted by molar-refractivity contribution is 0.163. The average molecular weight is 217 g/mol. The molecule has 3 rings (SSSR count). The molecular weight excluding hydrogens is 198 g/mol. The highest BCUT2D eigenvalue weighted by Gasteiger charge is 2.30. The van der Waals surface area contributed by atoms with Crippen LogP contribution in [0.5, 0.6) is 5.75 Å². The second-order valence-corrected chi connectivity index (χ2v) is 5.16. The molecule has 0 amide bonds. The number of nitrogens with two attached hydrogens (primary N) is 1. The number of ether oxygens (including phenoxy) is 1. The lowest BCUT2D eigenvalue weighted by Gasteiger charge is -2.30. The van der Waals surface area contributed by atoms with E-state index in [2.05, 4.69) is 12.1 Å². The van der Waals surface area contributed by atoms with E-state index in [-0.39, 0.29) is 12.1 Å². The van der Waals surface area contributed by atoms with Crippen molar-refractivity contribution in [3.05, 3.63) is 29.8 Å². The monoisotopic (exact) mass is 217 g/mol. The number of hydrogen-bond donors (Lipinski definition) is 1. The van der Waals surface area contributed by atoms with E-state index < -0.39 is 0 Å². The molecule has 1 aliphatic heterocycles. The number of rotatable bonds is 3. The van der Waals surface area contributed by atoms with Gasteiger partial charge in [-0.2, -0.15) is 0 Å². The van der Waals surface area contributed by atoms with E-state index in [1.54, 1.807) is 0 Å². The first-order valence-corrected chi connectivity index (χ1v) is 6.33. The summed E-state index contributed by atoms with van der Waals surface area (Å²) >= 11 is 0. The maximum atomic E-state index is 6.24. The van der Waals surface area contributed by atoms with E-state index in [0.29, 0.717) is 0 Å². The number of benzene rings is 1. The quantitative estimate of drug-likeness (QED) is 0.844. The second-order valence-electron chi connectivity index (χ2n) is 5.16. The zero-order chi connectivity index (χ0) is 11.0. The van der Waals surface area contributed by atoms with E-state index in [1.165, 1.54) is 24.8 Å². The van der Waals surface area contributed by atoms with Crippen molar-refractivity contribution in [1.29, 1.82) is 0 Å². The SMILES string of the molecule is NC(CC1CCC1)C1Cc2ccccc2O1. The summed E-state index contributed by atoms with van der Waals surface area (Å²) in [5.41, 5.74) is 7.56. The smallest absolute Gasteiger partial charge is 0.123 e. The summed E-state index contributed by atoms with van der Waals surface area (Å²) in [6.07, 6.45) is 6.46. The summed E-state index contributed by atoms with van der Waals surface area (Å²) in [6.45, 7) is 0. The number of para-hydroxylation sites is 1. The minimum atomic E-state index is 0.206. The van der Waals surface area contributed by atoms with Gasteiger partial charge in [0.15, 0.2) is 0 Å². The average Bonchev–Trinajstić information content (AvgIpc) is 2.66. The first-order chi connectivity index (χ1) is 7.83. The largest absolute Gasteiger partial charge is 0.488 e. The molecule has 2 unspecified atom stereocenters. The molecule has 86 valence electrons. The fourth-order valence-corrected chi connectivity index (χ4v) is 2.71. The van der Waals surface area contributed by atoms with Crippen LogP contribution < -0.4 is 10.5 Å². The van der Waals surface area contributed by atoms with Gasteiger partial charge >= 0.3 is 0 Å². The van der Waals surface area contributed by atoms with E-state index in [9.17, 15) is 0 Å². The van der Waals surface area contributed by atoms with Gasteiger partial charge in [-0.05, 0) is 24.0 Å². The third-order valence-electron chi connectivity index (χ3n) is 3.98. The van der Waals surface area contributed by atoms with Crippen molar-refractivity contribution in [1.82, 2.24) is 0 Å². The summed E-state index contributed by atoms with van der Waals surface area (Å²) in [5.74, 6) is 1.90. The molecule has 1 aromatic rings. The molecule has 0 saturated heterocycles. The van der Waals surface area contributed by atoms with Crippen molar-refractivity contribution in [3.63, 3.8) is 0 Å². The van der Waals surface area contributed by atoms with Crippen LogP contribution >= 0.6 is 0 Å². The predicted octanol–water partition coefficient (Wildman–Crippen LogP) is 2.51. The normalized spacial score (nSPS) is 25.7. The van der Waals surface area contributed by atoms with Crippen LogP contribution in [0.1, 0.15) is 31.2 Å². The van der Waals surface area contributed by atoms with E-state index in [4.69, 9.17) is 10.5 Å². The third kappa shape index (κ3) is 1.82. The maximum absolute atomic E-state index is 6.24. The minimum absolute atomic E-state index is 0.206. The predicted molar refractivity (Wildman–Crippen MR) is 64.5 cm³/mol. The van der Waals surface area contributed by atoms with Gasteiger partial charge < -0.3 is 10.5 Å². The molecule has 0 bridgehead atoms. The van der Waals surface area contributed by atoms with E-state index in [0.717, 1.165) is 24.5 Å². The molecule has 0 aromatic heterocycles. The highest BCUT2D eigenvalue weighted by Crippen LogP contribution is 2.34. The van der Waals surface area contributed by atoms with Crippen LogP contribution in [0.25, 0.3) is 0 Å². The van der Waals surface area contributed by atoms with Gasteiger partial charge in [0.05, 0.1) is 0 Å². The van der Waals surface area contributed by atoms with Crippen molar-refractivity contribution in [2.75, 3.05) is 0 Å². The maximum Gasteiger partial charge on any atom is 0.123 e. The second kappa shape index (κ2) is 4.10. The Morgan fingerprint density at radius 2 is 2.12 bits per heavy atom. The van der Waals surface area contributed by atoms with Gasteiger partial charge in [0.1, 0.15) is 11.9 Å². The molecule has 2 aliphatic rings. The molecule has 1 heterocycles. The molecule has 2 heteroatoms. The summed E-state index contributed by atoms with van der Waals surface area (Å²) in [7, 11) is 0. The summed E-state index contributed by atoms with van der Waals surface area (Å²) in [4.78, 5) is 0. The fraction of sp³-hybridized carbons (Fsp3) is 0.571. The van der Waals surface area contributed by atoms with Crippen molar-refractivity contribution in [2.24, 2.45) is 11.7 Å². The zero-order valence-corrected chi connectivity index (χ0v) is 9.56. The van der Waals surface area contributed by atoms with Crippen molar-refractivity contribution < 1.29 is 4.74 Å². The minimum Gasteiger partial charge on any atom is -0.488 e. The lowest BCUT2D eigenvalue weighted by atomic mass is 9.80. The molecule has 16 heavy (non-hydrogen) atoms. The Balaban J connectivity index is 1.61. The van der Waals surface area contributed by atoms with E-state index >= 15 is 0 Å². The molecule has 1 saturated carbocycles. The van der Waals surface area contributed by atoms with Gasteiger partial charge in [0.25, 0.3) is 0 Å². The highest BCUT2D eigenvalue weighted by molar-refractivity contribution is 5.37. The number of fused-ring (bicyclic) bond motifs is 1. The van der Waals surface area contributed by atoms with E-state index in [1.807, 2.05) is 12.1 Å². The molecular formula is C14H19NO. The third-order valence-corrected chi connectivity index (χ3v) is 3.98. The van der Waals surface area contributed by atoms with Crippen LogP contribution in [0.2, 0.25) is 0 Å². The molecule has 2 atom stereocenters. The Bertz CT molecular complexity index is 348. The van der Waals surface area contributed by atoms with Gasteiger partial charge in [-0.25, -0.2) is 0 Å². The van der Waals surface area contributed by atoms with Crippen molar-refractivity contribution in [3.8, 4) is 5.75 Å². The van der Waals surface area contributed by atoms with Crippen LogP contribution in [-0.2, 0) is 6.42 Å². The van der Waals surface area contributed by atoms with Gasteiger partial charge in [-0.1, -0.05) is 37.5 Å². The Morgan fingerprint density at radius 3 is 2.81 bits per heavy atom. The lowest BCUT2D eigenvalue weighted by Crippen LogP contribution is -2.40. The zero-order valence-electron chi connectivity index (χ0n) is 9.56. The first-order valence-electron chi connectivity index (χ1n) is 6.33. The van der Waals surface area contributed by atoms with Crippen LogP contribution in [0.4, 0.5) is 0 Å². The van der Waals surface area contributed by atoms with Crippen LogP contribution in [0.3, 0.4) is 0 Å². The number of hydrogen-bond acceptors (Lipinski definition) is 2. The molecule has 0 radical (unpaired) electrons. The van der Waals surface area contributed by atoms with Crippen molar-refractivity contribution in [2.45, 2.75) is 44.2 Å². The van der Waals surface area contributed by atoms with Gasteiger partial charge in [0, 0.05) is 12.5 Å². The Morgan fingerprint density at radius 1 is 1.31 bits per heavy atom. The Labute approximate surface area is 96.8 Å². The van der Waals surface area contributed by atoms with Gasteiger partial charge in [-0.15, -0.1) is 0 Å². The standard InChI is InChI=1S/C14H19NO/c15-12(8-10-4-3-5-10)14-9-11-6-1-2-7-13(11)16-14/h1-2,6-7,10,12,14H,3-5,8-9,15H2. The fourth-order valence-electron chi connectivity index (χ4n) is 2.71. The Kier molecular flexibility index (Phi) is 2.60. The molecule has 1 fully saturated rings. The van der Waals surface area contributed by atoms with Gasteiger partial charge in [-0.3, -0.25) is 0 Å². The molecule has 2 nitrogen and oxygen atoms in total. The topological polar surface area (TPSA) is 35.2 Å². The van der Waals surface area contributed by atoms with Crippen molar-refractivity contribution >= 4 is 0 Å². The molecule has 2 N–H and O–H groups in total. The Hall–Kier alpha value is -1.02. The molecule has 1 aromatic carbocycles. The van der Waals surface area contributed by atoms with Crippen LogP contribution in [0.15, 0.2) is 24.3 Å². The molecule has 1 aliphatic carbocycles. The highest BCUT2D eigenvalue weighted by atomic mass is 16.5. The van der Waals surface area contributed by atoms with Crippen LogP contribution in [-0.4, -0.2) is 12.1 Å². The van der Waals surface area contributed by atoms with Crippen LogP contribution in [0, 0.1) is 5.92 Å². The van der Waals surface area contributed by atoms with Gasteiger partial charge in [0.2, 0.25) is 0 Å². The summed E-state index contributed by atoms with van der Waals surface area (Å²) in [5, 5.41) is 0. The molecule has 0 spiro atoms. The first kappa shape index (κ1) is 10.2.